The van der Waals surface area contributed by atoms with Crippen LogP contribution in [0.5, 0.6) is 0 Å². The molecule has 1 aromatic carbocycles. The van der Waals surface area contributed by atoms with Crippen molar-refractivity contribution in [1.82, 2.24) is 15.0 Å². The number of nitrogens with two attached hydrogens (primary N) is 1. The Kier molecular flexibility index (Phi) is 5.96. The van der Waals surface area contributed by atoms with E-state index in [1.807, 2.05) is 13.8 Å². The number of rotatable bonds is 5. The van der Waals surface area contributed by atoms with Crippen LogP contribution in [0, 0.1) is 0 Å². The summed E-state index contributed by atoms with van der Waals surface area (Å²) in [5.41, 5.74) is 7.32. The van der Waals surface area contributed by atoms with Crippen LogP contribution < -0.4 is 16.4 Å². The number of pyridine rings is 1. The van der Waals surface area contributed by atoms with E-state index in [-0.39, 0.29) is 27.5 Å². The lowest BCUT2D eigenvalue weighted by Gasteiger charge is -2.11. The number of benzene rings is 1. The highest BCUT2D eigenvalue weighted by Crippen LogP contribution is 2.26. The van der Waals surface area contributed by atoms with E-state index in [2.05, 4.69) is 25.6 Å². The maximum absolute atomic E-state index is 12.5. The van der Waals surface area contributed by atoms with Gasteiger partial charge in [0.05, 0.1) is 21.3 Å². The highest BCUT2D eigenvalue weighted by atomic mass is 35.5. The molecule has 3 aromatic rings. The van der Waals surface area contributed by atoms with Crippen LogP contribution in [0.15, 0.2) is 42.6 Å². The van der Waals surface area contributed by atoms with Crippen LogP contribution in [-0.4, -0.2) is 20.9 Å². The Morgan fingerprint density at radius 3 is 2.46 bits per heavy atom. The minimum absolute atomic E-state index is 0.173. The standard InChI is InChI=1S/C19H18Cl2N6O/c1-10(2)14-9-16(27-19(22)25-14)26-15-8-11(6-7-23-15)24-18(28)17-12(20)4-3-5-13(17)21/h3-10H,1-2H3,(H4,22,23,24,25,26,27,28). The van der Waals surface area contributed by atoms with Gasteiger partial charge in [-0.1, -0.05) is 43.1 Å². The van der Waals surface area contributed by atoms with E-state index >= 15 is 0 Å². The minimum atomic E-state index is -0.416. The van der Waals surface area contributed by atoms with Gasteiger partial charge in [-0.2, -0.15) is 4.98 Å². The van der Waals surface area contributed by atoms with Crippen molar-refractivity contribution in [3.63, 3.8) is 0 Å². The van der Waals surface area contributed by atoms with Gasteiger partial charge in [-0.3, -0.25) is 4.79 Å². The van der Waals surface area contributed by atoms with Gasteiger partial charge in [0, 0.05) is 24.0 Å². The molecule has 3 rings (SSSR count). The molecule has 7 nitrogen and oxygen atoms in total. The highest BCUT2D eigenvalue weighted by Gasteiger charge is 2.15. The summed E-state index contributed by atoms with van der Waals surface area (Å²) >= 11 is 12.2. The number of halogens is 2. The van der Waals surface area contributed by atoms with Gasteiger partial charge in [0.2, 0.25) is 5.95 Å². The Morgan fingerprint density at radius 1 is 1.07 bits per heavy atom. The number of nitrogens with one attached hydrogen (secondary N) is 2. The summed E-state index contributed by atoms with van der Waals surface area (Å²) in [5, 5.41) is 6.38. The smallest absolute Gasteiger partial charge is 0.258 e. The predicted octanol–water partition coefficient (Wildman–Crippen LogP) is 4.88. The van der Waals surface area contributed by atoms with Crippen molar-refractivity contribution < 1.29 is 4.79 Å². The van der Waals surface area contributed by atoms with Gasteiger partial charge in [-0.15, -0.1) is 0 Å². The molecule has 0 spiro atoms. The van der Waals surface area contributed by atoms with Crippen LogP contribution in [0.4, 0.5) is 23.3 Å². The Bertz CT molecular complexity index is 1000. The molecule has 0 aliphatic rings. The van der Waals surface area contributed by atoms with Crippen LogP contribution in [-0.2, 0) is 0 Å². The Balaban J connectivity index is 1.80. The molecule has 2 heterocycles. The molecule has 0 fully saturated rings. The largest absolute Gasteiger partial charge is 0.368 e. The summed E-state index contributed by atoms with van der Waals surface area (Å²) in [7, 11) is 0. The number of nitrogen functional groups attached to an aromatic ring is 1. The molecular weight excluding hydrogens is 399 g/mol. The molecule has 0 aliphatic carbocycles. The zero-order valence-electron chi connectivity index (χ0n) is 15.2. The Labute approximate surface area is 172 Å². The summed E-state index contributed by atoms with van der Waals surface area (Å²) in [5.74, 6) is 0.953. The molecule has 0 bridgehead atoms. The van der Waals surface area contributed by atoms with E-state index in [1.165, 1.54) is 0 Å². The van der Waals surface area contributed by atoms with Gasteiger partial charge >= 0.3 is 0 Å². The minimum Gasteiger partial charge on any atom is -0.368 e. The maximum atomic E-state index is 12.5. The molecule has 144 valence electrons. The molecule has 0 radical (unpaired) electrons. The number of hydrogen-bond donors (Lipinski definition) is 3. The zero-order chi connectivity index (χ0) is 20.3. The number of aromatic nitrogens is 3. The third-order valence-electron chi connectivity index (χ3n) is 3.82. The Hall–Kier alpha value is -2.90. The molecule has 0 unspecified atom stereocenters. The predicted molar refractivity (Wildman–Crippen MR) is 112 cm³/mol. The van der Waals surface area contributed by atoms with E-state index in [1.54, 1.807) is 42.6 Å². The second kappa shape index (κ2) is 8.41. The summed E-state index contributed by atoms with van der Waals surface area (Å²) in [6.07, 6.45) is 1.56. The van der Waals surface area contributed by atoms with Crippen molar-refractivity contribution in [2.75, 3.05) is 16.4 Å². The number of carbonyl (C=O) groups is 1. The first kappa shape index (κ1) is 19.9. The number of hydrogen-bond acceptors (Lipinski definition) is 6. The number of amides is 1. The summed E-state index contributed by atoms with van der Waals surface area (Å²) in [6, 6.07) is 10.0. The first-order chi connectivity index (χ1) is 13.3. The number of anilines is 4. The fourth-order valence-corrected chi connectivity index (χ4v) is 3.03. The van der Waals surface area contributed by atoms with E-state index in [4.69, 9.17) is 28.9 Å². The molecule has 0 saturated heterocycles. The third kappa shape index (κ3) is 4.68. The lowest BCUT2D eigenvalue weighted by Crippen LogP contribution is -2.13. The zero-order valence-corrected chi connectivity index (χ0v) is 16.7. The van der Waals surface area contributed by atoms with Crippen molar-refractivity contribution >= 4 is 52.4 Å². The summed E-state index contributed by atoms with van der Waals surface area (Å²) in [4.78, 5) is 25.1. The third-order valence-corrected chi connectivity index (χ3v) is 4.45. The SMILES string of the molecule is CC(C)c1cc(Nc2cc(NC(=O)c3c(Cl)cccc3Cl)ccn2)nc(N)n1. The van der Waals surface area contributed by atoms with Crippen molar-refractivity contribution in [2.24, 2.45) is 0 Å². The van der Waals surface area contributed by atoms with E-state index in [0.29, 0.717) is 17.3 Å². The lowest BCUT2D eigenvalue weighted by atomic mass is 10.1. The molecule has 0 aliphatic heterocycles. The van der Waals surface area contributed by atoms with Gasteiger partial charge in [-0.25, -0.2) is 9.97 Å². The van der Waals surface area contributed by atoms with Crippen molar-refractivity contribution in [3.05, 3.63) is 63.9 Å². The molecular formula is C19H18Cl2N6O. The topological polar surface area (TPSA) is 106 Å². The summed E-state index contributed by atoms with van der Waals surface area (Å²) < 4.78 is 0. The fraction of sp³-hybridized carbons (Fsp3) is 0.158. The first-order valence-corrected chi connectivity index (χ1v) is 9.22. The fourth-order valence-electron chi connectivity index (χ4n) is 2.46. The molecule has 28 heavy (non-hydrogen) atoms. The quantitative estimate of drug-likeness (QED) is 0.546. The van der Waals surface area contributed by atoms with Gasteiger partial charge in [0.1, 0.15) is 11.6 Å². The molecule has 2 aromatic heterocycles. The summed E-state index contributed by atoms with van der Waals surface area (Å²) in [6.45, 7) is 4.03. The lowest BCUT2D eigenvalue weighted by molar-refractivity contribution is 0.102. The second-order valence-corrected chi connectivity index (χ2v) is 7.11. The van der Waals surface area contributed by atoms with Gasteiger partial charge in [-0.05, 0) is 24.1 Å². The van der Waals surface area contributed by atoms with E-state index in [9.17, 15) is 4.79 Å². The number of nitrogens with zero attached hydrogens (tertiary/aromatic N) is 3. The highest BCUT2D eigenvalue weighted by molar-refractivity contribution is 6.40. The molecule has 4 N–H and O–H groups in total. The van der Waals surface area contributed by atoms with Gasteiger partial charge < -0.3 is 16.4 Å². The van der Waals surface area contributed by atoms with Crippen LogP contribution >= 0.6 is 23.2 Å². The number of carbonyl (C=O) groups excluding carboxylic acids is 1. The van der Waals surface area contributed by atoms with Crippen LogP contribution in [0.1, 0.15) is 35.8 Å². The van der Waals surface area contributed by atoms with E-state index < -0.39 is 5.91 Å². The molecule has 1 amide bonds. The Morgan fingerprint density at radius 2 is 1.79 bits per heavy atom. The van der Waals surface area contributed by atoms with Crippen LogP contribution in [0.3, 0.4) is 0 Å². The van der Waals surface area contributed by atoms with Crippen molar-refractivity contribution in [1.29, 1.82) is 0 Å². The second-order valence-electron chi connectivity index (χ2n) is 6.30. The first-order valence-electron chi connectivity index (χ1n) is 8.46. The van der Waals surface area contributed by atoms with Crippen molar-refractivity contribution in [3.8, 4) is 0 Å². The maximum Gasteiger partial charge on any atom is 0.258 e. The van der Waals surface area contributed by atoms with Crippen LogP contribution in [0.2, 0.25) is 10.0 Å². The van der Waals surface area contributed by atoms with E-state index in [0.717, 1.165) is 5.69 Å². The molecule has 0 atom stereocenters. The molecule has 9 heteroatoms. The van der Waals surface area contributed by atoms with Crippen LogP contribution in [0.25, 0.3) is 0 Å². The molecule has 0 saturated carbocycles. The average molecular weight is 417 g/mol. The van der Waals surface area contributed by atoms with Crippen molar-refractivity contribution in [2.45, 2.75) is 19.8 Å². The van der Waals surface area contributed by atoms with Gasteiger partial charge in [0.25, 0.3) is 5.91 Å². The average Bonchev–Trinajstić information content (AvgIpc) is 2.61. The van der Waals surface area contributed by atoms with Gasteiger partial charge in [0.15, 0.2) is 0 Å². The normalized spacial score (nSPS) is 10.8. The monoisotopic (exact) mass is 416 g/mol.